The lowest BCUT2D eigenvalue weighted by atomic mass is 9.81. The van der Waals surface area contributed by atoms with E-state index in [1.807, 2.05) is 9.96 Å². The van der Waals surface area contributed by atoms with Gasteiger partial charge >= 0.3 is 0 Å². The molecule has 0 bridgehead atoms. The summed E-state index contributed by atoms with van der Waals surface area (Å²) in [7, 11) is 0. The molecule has 0 atom stereocenters. The molecule has 3 aliphatic rings. The predicted molar refractivity (Wildman–Crippen MR) is 85.7 cm³/mol. The predicted octanol–water partition coefficient (Wildman–Crippen LogP) is 1.98. The van der Waals surface area contributed by atoms with Crippen LogP contribution in [0.4, 0.5) is 0 Å². The first-order valence-electron chi connectivity index (χ1n) is 9.03. The van der Waals surface area contributed by atoms with Gasteiger partial charge in [-0.05, 0) is 25.7 Å². The fourth-order valence-electron chi connectivity index (χ4n) is 3.75. The molecule has 2 fully saturated rings. The van der Waals surface area contributed by atoms with Crippen molar-refractivity contribution in [1.82, 2.24) is 20.2 Å². The number of aromatic nitrogens is 2. The average molecular weight is 318 g/mol. The molecule has 1 aliphatic carbocycles. The number of aromatic amines is 1. The lowest BCUT2D eigenvalue weighted by Crippen LogP contribution is -2.39. The Balaban J connectivity index is 1.35. The molecule has 0 radical (unpaired) electrons. The molecule has 4 rings (SSSR count). The molecule has 0 aromatic carbocycles. The van der Waals surface area contributed by atoms with Gasteiger partial charge in [0.15, 0.2) is 0 Å². The molecule has 1 aromatic heterocycles. The normalized spacial score (nSPS) is 22.7. The number of carbonyl (C=O) groups is 1. The second-order valence-electron chi connectivity index (χ2n) is 6.98. The zero-order valence-electron chi connectivity index (χ0n) is 13.7. The first-order valence-corrected chi connectivity index (χ1v) is 9.03. The smallest absolute Gasteiger partial charge is 0.224 e. The van der Waals surface area contributed by atoms with Gasteiger partial charge in [0.1, 0.15) is 0 Å². The lowest BCUT2D eigenvalue weighted by Gasteiger charge is -2.31. The van der Waals surface area contributed by atoms with Crippen LogP contribution in [0.3, 0.4) is 0 Å². The summed E-state index contributed by atoms with van der Waals surface area (Å²) < 4.78 is 0. The van der Waals surface area contributed by atoms with Gasteiger partial charge in [0.2, 0.25) is 5.91 Å². The van der Waals surface area contributed by atoms with Crippen LogP contribution in [0.2, 0.25) is 0 Å². The Morgan fingerprint density at radius 3 is 2.91 bits per heavy atom. The van der Waals surface area contributed by atoms with E-state index in [1.54, 1.807) is 0 Å². The first kappa shape index (κ1) is 15.1. The van der Waals surface area contributed by atoms with Gasteiger partial charge in [-0.3, -0.25) is 14.7 Å². The fraction of sp³-hybridized carbons (Fsp3) is 0.765. The average Bonchev–Trinajstić information content (AvgIpc) is 2.95. The maximum atomic E-state index is 12.6. The van der Waals surface area contributed by atoms with Crippen molar-refractivity contribution in [3.8, 4) is 0 Å². The van der Waals surface area contributed by atoms with Crippen LogP contribution in [0, 0.1) is 0 Å². The molecule has 2 aliphatic heterocycles. The zero-order chi connectivity index (χ0) is 15.6. The summed E-state index contributed by atoms with van der Waals surface area (Å²) in [6.45, 7) is 3.99. The monoisotopic (exact) mass is 318 g/mol. The quantitative estimate of drug-likeness (QED) is 0.922. The topological polar surface area (TPSA) is 61.5 Å². The summed E-state index contributed by atoms with van der Waals surface area (Å²) in [6, 6.07) is 0. The number of carbonyl (C=O) groups excluding carboxylic acids is 1. The molecular formula is C17H26N4O2. The number of H-pyrrole nitrogens is 1. The highest BCUT2D eigenvalue weighted by Crippen LogP contribution is 2.38. The molecule has 126 valence electrons. The van der Waals surface area contributed by atoms with Crippen molar-refractivity contribution in [2.45, 2.75) is 57.4 Å². The molecule has 0 unspecified atom stereocenters. The Bertz CT molecular complexity index is 561. The maximum Gasteiger partial charge on any atom is 0.224 e. The second kappa shape index (κ2) is 6.61. The van der Waals surface area contributed by atoms with Gasteiger partial charge in [0.25, 0.3) is 0 Å². The molecule has 6 nitrogen and oxygen atoms in total. The number of amides is 1. The van der Waals surface area contributed by atoms with Gasteiger partial charge in [-0.1, -0.05) is 6.42 Å². The minimum absolute atomic E-state index is 0.241. The minimum Gasteiger partial charge on any atom is -0.338 e. The Morgan fingerprint density at radius 1 is 1.26 bits per heavy atom. The maximum absolute atomic E-state index is 12.6. The molecule has 23 heavy (non-hydrogen) atoms. The van der Waals surface area contributed by atoms with Gasteiger partial charge in [0, 0.05) is 56.2 Å². The van der Waals surface area contributed by atoms with E-state index in [4.69, 9.17) is 4.84 Å². The minimum atomic E-state index is 0.241. The van der Waals surface area contributed by atoms with Gasteiger partial charge in [-0.2, -0.15) is 10.2 Å². The highest BCUT2D eigenvalue weighted by Gasteiger charge is 2.30. The van der Waals surface area contributed by atoms with Crippen LogP contribution < -0.4 is 0 Å². The summed E-state index contributed by atoms with van der Waals surface area (Å²) >= 11 is 0. The summed E-state index contributed by atoms with van der Waals surface area (Å²) in [5.41, 5.74) is 3.77. The van der Waals surface area contributed by atoms with Gasteiger partial charge < -0.3 is 4.90 Å². The third kappa shape index (κ3) is 3.15. The highest BCUT2D eigenvalue weighted by molar-refractivity contribution is 5.76. The van der Waals surface area contributed by atoms with Crippen molar-refractivity contribution in [3.05, 3.63) is 17.0 Å². The summed E-state index contributed by atoms with van der Waals surface area (Å²) in [6.07, 6.45) is 7.55. The Morgan fingerprint density at radius 2 is 2.17 bits per heavy atom. The van der Waals surface area contributed by atoms with Crippen LogP contribution in [0.25, 0.3) is 0 Å². The number of fused-ring (bicyclic) bond motifs is 1. The summed E-state index contributed by atoms with van der Waals surface area (Å²) in [4.78, 5) is 20.1. The molecule has 1 N–H and O–H groups in total. The van der Waals surface area contributed by atoms with Crippen molar-refractivity contribution < 1.29 is 9.63 Å². The van der Waals surface area contributed by atoms with Crippen molar-refractivity contribution in [2.75, 3.05) is 26.2 Å². The van der Waals surface area contributed by atoms with Crippen LogP contribution in [-0.2, 0) is 22.6 Å². The van der Waals surface area contributed by atoms with Crippen molar-refractivity contribution >= 4 is 5.91 Å². The van der Waals surface area contributed by atoms with E-state index in [0.29, 0.717) is 18.9 Å². The fourth-order valence-corrected chi connectivity index (χ4v) is 3.75. The molecule has 0 spiro atoms. The van der Waals surface area contributed by atoms with Crippen LogP contribution >= 0.6 is 0 Å². The first-order chi connectivity index (χ1) is 11.3. The van der Waals surface area contributed by atoms with Crippen LogP contribution in [-0.4, -0.2) is 52.3 Å². The zero-order valence-corrected chi connectivity index (χ0v) is 13.7. The SMILES string of the molecule is O=C(CCN1CCCCO1)N1CCc2[nH]nc(C3CCC3)c2C1. The van der Waals surface area contributed by atoms with Gasteiger partial charge in [0.05, 0.1) is 12.3 Å². The molecule has 1 amide bonds. The van der Waals surface area contributed by atoms with Crippen LogP contribution in [0.1, 0.15) is 61.4 Å². The Labute approximate surface area is 137 Å². The van der Waals surface area contributed by atoms with Crippen LogP contribution in [0.15, 0.2) is 0 Å². The number of nitrogens with zero attached hydrogens (tertiary/aromatic N) is 3. The lowest BCUT2D eigenvalue weighted by molar-refractivity contribution is -0.182. The van der Waals surface area contributed by atoms with Crippen molar-refractivity contribution in [2.24, 2.45) is 0 Å². The molecular weight excluding hydrogens is 292 g/mol. The van der Waals surface area contributed by atoms with E-state index < -0.39 is 0 Å². The number of hydrogen-bond donors (Lipinski definition) is 1. The number of nitrogens with one attached hydrogen (secondary N) is 1. The van der Waals surface area contributed by atoms with Crippen molar-refractivity contribution in [3.63, 3.8) is 0 Å². The Kier molecular flexibility index (Phi) is 4.35. The van der Waals surface area contributed by atoms with E-state index in [1.165, 1.54) is 42.6 Å². The summed E-state index contributed by atoms with van der Waals surface area (Å²) in [5, 5.41) is 9.70. The van der Waals surface area contributed by atoms with E-state index in [-0.39, 0.29) is 5.91 Å². The Hall–Kier alpha value is -1.40. The third-order valence-corrected chi connectivity index (χ3v) is 5.46. The van der Waals surface area contributed by atoms with Crippen LogP contribution in [0.5, 0.6) is 0 Å². The number of rotatable bonds is 4. The molecule has 3 heterocycles. The van der Waals surface area contributed by atoms with E-state index in [2.05, 4.69) is 10.2 Å². The molecule has 1 saturated heterocycles. The van der Waals surface area contributed by atoms with Gasteiger partial charge in [-0.25, -0.2) is 0 Å². The van der Waals surface area contributed by atoms with E-state index >= 15 is 0 Å². The second-order valence-corrected chi connectivity index (χ2v) is 6.98. The highest BCUT2D eigenvalue weighted by atomic mass is 16.7. The van der Waals surface area contributed by atoms with Crippen molar-refractivity contribution in [1.29, 1.82) is 0 Å². The molecule has 1 saturated carbocycles. The largest absolute Gasteiger partial charge is 0.338 e. The number of hydroxylamine groups is 2. The molecule has 6 heteroatoms. The van der Waals surface area contributed by atoms with E-state index in [9.17, 15) is 4.79 Å². The number of hydrogen-bond acceptors (Lipinski definition) is 4. The van der Waals surface area contributed by atoms with Gasteiger partial charge in [-0.15, -0.1) is 0 Å². The van der Waals surface area contributed by atoms with E-state index in [0.717, 1.165) is 39.1 Å². The standard InChI is InChI=1S/C17H26N4O2/c22-16(7-10-21-8-1-2-11-23-21)20-9-6-15-14(12-20)17(19-18-15)13-4-3-5-13/h13H,1-12H2,(H,18,19). The summed E-state index contributed by atoms with van der Waals surface area (Å²) in [5.74, 6) is 0.859. The third-order valence-electron chi connectivity index (χ3n) is 5.46. The molecule has 1 aromatic rings.